The number of nitrogens with zero attached hydrogens (tertiary/aromatic N) is 2. The lowest BCUT2D eigenvalue weighted by atomic mass is 9.95. The minimum Gasteiger partial charge on any atom is -0.338 e. The highest BCUT2D eigenvalue weighted by Gasteiger charge is 2.33. The van der Waals surface area contributed by atoms with Gasteiger partial charge in [-0.25, -0.2) is 8.78 Å². The predicted octanol–water partition coefficient (Wildman–Crippen LogP) is 2.91. The third-order valence-electron chi connectivity index (χ3n) is 5.43. The van der Waals surface area contributed by atoms with Crippen LogP contribution in [0.2, 0.25) is 0 Å². The molecule has 0 aromatic heterocycles. The van der Waals surface area contributed by atoms with Gasteiger partial charge in [-0.2, -0.15) is 0 Å². The highest BCUT2D eigenvalue weighted by molar-refractivity contribution is 5.78. The van der Waals surface area contributed by atoms with E-state index in [1.807, 2.05) is 18.2 Å². The second kappa shape index (κ2) is 8.15. The topological polar surface area (TPSA) is 49.6 Å². The zero-order chi connectivity index (χ0) is 19.6. The second-order valence-electron chi connectivity index (χ2n) is 7.23. The molecule has 27 heavy (non-hydrogen) atoms. The lowest BCUT2D eigenvalue weighted by Crippen LogP contribution is -2.39. The van der Waals surface area contributed by atoms with Crippen LogP contribution in [-0.2, 0) is 4.79 Å². The maximum atomic E-state index is 13.5. The van der Waals surface area contributed by atoms with Crippen LogP contribution >= 0.6 is 0 Å². The molecule has 3 atom stereocenters. The number of halogens is 2. The van der Waals surface area contributed by atoms with E-state index in [9.17, 15) is 13.6 Å². The lowest BCUT2D eigenvalue weighted by Gasteiger charge is -2.27. The normalized spacial score (nSPS) is 21.2. The number of rotatable bonds is 5. The molecule has 0 radical (unpaired) electrons. The van der Waals surface area contributed by atoms with E-state index in [0.717, 1.165) is 18.7 Å². The molecule has 0 bridgehead atoms. The molecule has 0 saturated carbocycles. The molecule has 1 aliphatic heterocycles. The van der Waals surface area contributed by atoms with Crippen molar-refractivity contribution in [3.8, 4) is 0 Å². The Labute approximate surface area is 158 Å². The first-order valence-electron chi connectivity index (χ1n) is 9.10. The van der Waals surface area contributed by atoms with Crippen LogP contribution in [0, 0.1) is 11.6 Å². The molecule has 1 amide bonds. The van der Waals surface area contributed by atoms with E-state index < -0.39 is 11.6 Å². The van der Waals surface area contributed by atoms with Crippen molar-refractivity contribution in [1.29, 1.82) is 0 Å². The van der Waals surface area contributed by atoms with Crippen LogP contribution in [0.5, 0.6) is 0 Å². The summed E-state index contributed by atoms with van der Waals surface area (Å²) in [5.74, 6) is -1.67. The van der Waals surface area contributed by atoms with Gasteiger partial charge in [-0.15, -0.1) is 0 Å². The van der Waals surface area contributed by atoms with E-state index in [1.165, 1.54) is 11.6 Å². The number of likely N-dealkylation sites (tertiary alicyclic amines) is 1. The van der Waals surface area contributed by atoms with E-state index in [-0.39, 0.29) is 30.5 Å². The van der Waals surface area contributed by atoms with Crippen molar-refractivity contribution >= 4 is 5.91 Å². The standard InChI is InChI=1S/C21H25F2N3O/c1-14(16-8-9-18(22)19(23)10-16)25(2)21(27)13-26-11-17(20(24)12-26)15-6-4-3-5-7-15/h3-10,14,17,20H,11-13,24H2,1-2H3/t14?,17-,20+/m0/s1. The minimum absolute atomic E-state index is 0.0193. The number of amides is 1. The molecule has 6 heteroatoms. The summed E-state index contributed by atoms with van der Waals surface area (Å²) in [5.41, 5.74) is 8.04. The van der Waals surface area contributed by atoms with Gasteiger partial charge in [0.25, 0.3) is 0 Å². The molecule has 144 valence electrons. The van der Waals surface area contributed by atoms with E-state index >= 15 is 0 Å². The van der Waals surface area contributed by atoms with Crippen LogP contribution < -0.4 is 5.73 Å². The van der Waals surface area contributed by atoms with Crippen LogP contribution in [0.15, 0.2) is 48.5 Å². The summed E-state index contributed by atoms with van der Waals surface area (Å²) in [4.78, 5) is 16.3. The van der Waals surface area contributed by atoms with Gasteiger partial charge >= 0.3 is 0 Å². The van der Waals surface area contributed by atoms with E-state index in [1.54, 1.807) is 18.9 Å². The Morgan fingerprint density at radius 3 is 2.56 bits per heavy atom. The Morgan fingerprint density at radius 2 is 1.89 bits per heavy atom. The molecule has 2 aromatic carbocycles. The first kappa shape index (κ1) is 19.5. The smallest absolute Gasteiger partial charge is 0.236 e. The summed E-state index contributed by atoms with van der Waals surface area (Å²) in [7, 11) is 1.68. The summed E-state index contributed by atoms with van der Waals surface area (Å²) < 4.78 is 26.6. The molecule has 1 heterocycles. The Balaban J connectivity index is 1.62. The quantitative estimate of drug-likeness (QED) is 0.877. The summed E-state index contributed by atoms with van der Waals surface area (Å²) in [6, 6.07) is 13.4. The van der Waals surface area contributed by atoms with Gasteiger partial charge in [0.1, 0.15) is 0 Å². The molecule has 3 rings (SSSR count). The lowest BCUT2D eigenvalue weighted by molar-refractivity contribution is -0.132. The second-order valence-corrected chi connectivity index (χ2v) is 7.23. The fourth-order valence-corrected chi connectivity index (χ4v) is 3.61. The van der Waals surface area contributed by atoms with E-state index in [0.29, 0.717) is 12.1 Å². The zero-order valence-corrected chi connectivity index (χ0v) is 15.6. The van der Waals surface area contributed by atoms with Crippen molar-refractivity contribution in [3.05, 3.63) is 71.3 Å². The highest BCUT2D eigenvalue weighted by Crippen LogP contribution is 2.27. The fourth-order valence-electron chi connectivity index (χ4n) is 3.61. The van der Waals surface area contributed by atoms with Crippen molar-refractivity contribution in [1.82, 2.24) is 9.80 Å². The summed E-state index contributed by atoms with van der Waals surface area (Å²) >= 11 is 0. The van der Waals surface area contributed by atoms with Crippen molar-refractivity contribution in [2.24, 2.45) is 5.73 Å². The van der Waals surface area contributed by atoms with Crippen LogP contribution in [-0.4, -0.2) is 48.4 Å². The molecule has 2 N–H and O–H groups in total. The molecular formula is C21H25F2N3O. The molecule has 1 saturated heterocycles. The number of hydrogen-bond acceptors (Lipinski definition) is 3. The molecule has 1 unspecified atom stereocenters. The highest BCUT2D eigenvalue weighted by atomic mass is 19.2. The summed E-state index contributed by atoms with van der Waals surface area (Å²) in [6.07, 6.45) is 0. The van der Waals surface area contributed by atoms with Gasteiger partial charge in [0.2, 0.25) is 5.91 Å². The first-order chi connectivity index (χ1) is 12.9. The predicted molar refractivity (Wildman–Crippen MR) is 101 cm³/mol. The average molecular weight is 373 g/mol. The number of nitrogens with two attached hydrogens (primary N) is 1. The van der Waals surface area contributed by atoms with Crippen LogP contribution in [0.25, 0.3) is 0 Å². The van der Waals surface area contributed by atoms with Crippen LogP contribution in [0.3, 0.4) is 0 Å². The van der Waals surface area contributed by atoms with Gasteiger partial charge in [-0.05, 0) is 30.2 Å². The Kier molecular flexibility index (Phi) is 5.87. The van der Waals surface area contributed by atoms with Crippen molar-refractivity contribution in [3.63, 3.8) is 0 Å². The Bertz CT molecular complexity index is 799. The largest absolute Gasteiger partial charge is 0.338 e. The number of carbonyl (C=O) groups is 1. The van der Waals surface area contributed by atoms with E-state index in [2.05, 4.69) is 17.0 Å². The average Bonchev–Trinajstić information content (AvgIpc) is 3.03. The third-order valence-corrected chi connectivity index (χ3v) is 5.43. The third kappa shape index (κ3) is 4.34. The monoisotopic (exact) mass is 373 g/mol. The molecule has 4 nitrogen and oxygen atoms in total. The molecule has 1 fully saturated rings. The molecule has 2 aromatic rings. The van der Waals surface area contributed by atoms with Crippen molar-refractivity contribution < 1.29 is 13.6 Å². The number of hydrogen-bond donors (Lipinski definition) is 1. The summed E-state index contributed by atoms with van der Waals surface area (Å²) in [5, 5.41) is 0. The van der Waals surface area contributed by atoms with Gasteiger partial charge < -0.3 is 10.6 Å². The first-order valence-corrected chi connectivity index (χ1v) is 9.10. The van der Waals surface area contributed by atoms with Gasteiger partial charge in [0.15, 0.2) is 11.6 Å². The molecule has 1 aliphatic rings. The van der Waals surface area contributed by atoms with Gasteiger partial charge in [-0.3, -0.25) is 9.69 Å². The number of likely N-dealkylation sites (N-methyl/N-ethyl adjacent to an activating group) is 1. The Hall–Kier alpha value is -2.31. The molecule has 0 aliphatic carbocycles. The van der Waals surface area contributed by atoms with Crippen LogP contribution in [0.1, 0.15) is 30.0 Å². The minimum atomic E-state index is -0.906. The SMILES string of the molecule is CC(c1ccc(F)c(F)c1)N(C)C(=O)CN1C[C@@H](N)[C@H](c2ccccc2)C1. The van der Waals surface area contributed by atoms with Gasteiger partial charge in [-0.1, -0.05) is 36.4 Å². The number of benzene rings is 2. The van der Waals surface area contributed by atoms with Crippen molar-refractivity contribution in [2.75, 3.05) is 26.7 Å². The van der Waals surface area contributed by atoms with E-state index in [4.69, 9.17) is 5.73 Å². The number of carbonyl (C=O) groups excluding carboxylic acids is 1. The van der Waals surface area contributed by atoms with Crippen LogP contribution in [0.4, 0.5) is 8.78 Å². The summed E-state index contributed by atoms with van der Waals surface area (Å²) in [6.45, 7) is 3.43. The van der Waals surface area contributed by atoms with Crippen molar-refractivity contribution in [2.45, 2.75) is 24.9 Å². The zero-order valence-electron chi connectivity index (χ0n) is 15.6. The molecule has 0 spiro atoms. The van der Waals surface area contributed by atoms with Gasteiger partial charge in [0, 0.05) is 32.1 Å². The Morgan fingerprint density at radius 1 is 1.19 bits per heavy atom. The fraction of sp³-hybridized carbons (Fsp3) is 0.381. The molecular weight excluding hydrogens is 348 g/mol. The maximum absolute atomic E-state index is 13.5. The van der Waals surface area contributed by atoms with Gasteiger partial charge in [0.05, 0.1) is 12.6 Å². The maximum Gasteiger partial charge on any atom is 0.236 e.